The van der Waals surface area contributed by atoms with Gasteiger partial charge in [0.15, 0.2) is 0 Å². The van der Waals surface area contributed by atoms with E-state index >= 15 is 0 Å². The van der Waals surface area contributed by atoms with Crippen LogP contribution in [0.2, 0.25) is 0 Å². The number of nitrogens with two attached hydrogens (primary N) is 1. The molecule has 4 unspecified atom stereocenters. The average Bonchev–Trinajstić information content (AvgIpc) is 2.71. The van der Waals surface area contributed by atoms with Crippen LogP contribution in [0.4, 0.5) is 0 Å². The molecule has 0 bridgehead atoms. The molecule has 4 N–H and O–H groups in total. The first-order valence-electron chi connectivity index (χ1n) is 6.37. The quantitative estimate of drug-likeness (QED) is 0.579. The second-order valence-electron chi connectivity index (χ2n) is 5.33. The molecule has 2 heterocycles. The van der Waals surface area contributed by atoms with Crippen molar-refractivity contribution in [3.63, 3.8) is 0 Å². The minimum atomic E-state index is -0.315. The van der Waals surface area contributed by atoms with Crippen molar-refractivity contribution >= 4 is 5.91 Å². The molecule has 0 aromatic heterocycles. The van der Waals surface area contributed by atoms with E-state index in [1.165, 1.54) is 0 Å². The fraction of sp³-hybridized carbons (Fsp3) is 0.615. The van der Waals surface area contributed by atoms with Gasteiger partial charge in [0, 0.05) is 12.1 Å². The molecule has 0 saturated carbocycles. The van der Waals surface area contributed by atoms with Crippen molar-refractivity contribution in [2.24, 2.45) is 29.4 Å². The summed E-state index contributed by atoms with van der Waals surface area (Å²) in [6.45, 7) is 4.25. The summed E-state index contributed by atoms with van der Waals surface area (Å²) in [5, 5.41) is 6.98. The van der Waals surface area contributed by atoms with Gasteiger partial charge in [0.05, 0.1) is 0 Å². The van der Waals surface area contributed by atoms with Gasteiger partial charge >= 0.3 is 0 Å². The maximum atomic E-state index is 11.2. The molecule has 1 amide bonds. The number of allylic oxidation sites excluding steroid dienone is 1. The van der Waals surface area contributed by atoms with Gasteiger partial charge in [-0.3, -0.25) is 4.79 Å². The van der Waals surface area contributed by atoms with Crippen molar-refractivity contribution < 1.29 is 4.79 Å². The molecule has 0 radical (unpaired) electrons. The lowest BCUT2D eigenvalue weighted by atomic mass is 9.74. The highest BCUT2D eigenvalue weighted by Gasteiger charge is 2.38. The summed E-state index contributed by atoms with van der Waals surface area (Å²) in [5.41, 5.74) is 6.01. The van der Waals surface area contributed by atoms with Gasteiger partial charge < -0.3 is 16.4 Å². The van der Waals surface area contributed by atoms with Crippen LogP contribution in [-0.4, -0.2) is 32.1 Å². The Balaban J connectivity index is 1.86. The first-order chi connectivity index (χ1) is 8.25. The van der Waals surface area contributed by atoms with E-state index in [2.05, 4.69) is 22.8 Å². The summed E-state index contributed by atoms with van der Waals surface area (Å²) in [6.07, 6.45) is 6.16. The fourth-order valence-electron chi connectivity index (χ4n) is 3.44. The lowest BCUT2D eigenvalue weighted by molar-refractivity contribution is -0.114. The van der Waals surface area contributed by atoms with Crippen LogP contribution >= 0.6 is 0 Å². The summed E-state index contributed by atoms with van der Waals surface area (Å²) < 4.78 is 0. The van der Waals surface area contributed by atoms with Gasteiger partial charge in [0.2, 0.25) is 5.91 Å². The number of amides is 1. The van der Waals surface area contributed by atoms with Crippen molar-refractivity contribution in [3.8, 4) is 0 Å². The lowest BCUT2D eigenvalue weighted by Crippen LogP contribution is -2.30. The maximum Gasteiger partial charge on any atom is 0.248 e. The molecule has 0 aromatic carbocycles. The Bertz CT molecular complexity index is 388. The highest BCUT2D eigenvalue weighted by Crippen LogP contribution is 2.36. The molecule has 3 aliphatic rings. The number of rotatable bonds is 1. The minimum Gasteiger partial charge on any atom is -0.366 e. The predicted octanol–water partition coefficient (Wildman–Crippen LogP) is -0.361. The van der Waals surface area contributed by atoms with E-state index in [-0.39, 0.29) is 5.91 Å². The van der Waals surface area contributed by atoms with Gasteiger partial charge in [0.1, 0.15) is 0 Å². The summed E-state index contributed by atoms with van der Waals surface area (Å²) in [5.74, 6) is 2.06. The van der Waals surface area contributed by atoms with Gasteiger partial charge in [-0.25, -0.2) is 0 Å². The number of fused-ring (bicyclic) bond motifs is 3. The Kier molecular flexibility index (Phi) is 2.76. The third-order valence-corrected chi connectivity index (χ3v) is 4.34. The normalized spacial score (nSPS) is 40.1. The van der Waals surface area contributed by atoms with E-state index in [0.717, 1.165) is 32.1 Å². The molecule has 4 heteroatoms. The standard InChI is InChI=1S/C13H19N3O/c14-13(17)8-1-2-11-9(3-8)4-15-5-10-6-16-7-12(10)11/h1-3,9-12,15-16H,4-7H2,(H2,14,17). The Morgan fingerprint density at radius 3 is 2.76 bits per heavy atom. The molecule has 1 aliphatic carbocycles. The van der Waals surface area contributed by atoms with Gasteiger partial charge in [-0.05, 0) is 43.3 Å². The smallest absolute Gasteiger partial charge is 0.248 e. The first kappa shape index (κ1) is 11.0. The lowest BCUT2D eigenvalue weighted by Gasteiger charge is -2.29. The van der Waals surface area contributed by atoms with Crippen LogP contribution in [-0.2, 0) is 4.79 Å². The summed E-state index contributed by atoms with van der Waals surface area (Å²) in [7, 11) is 0. The van der Waals surface area contributed by atoms with Crippen LogP contribution in [0.5, 0.6) is 0 Å². The van der Waals surface area contributed by atoms with Gasteiger partial charge in [-0.1, -0.05) is 18.2 Å². The zero-order chi connectivity index (χ0) is 11.8. The molecule has 2 fully saturated rings. The van der Waals surface area contributed by atoms with E-state index in [1.54, 1.807) is 0 Å². The number of carbonyl (C=O) groups is 1. The highest BCUT2D eigenvalue weighted by atomic mass is 16.1. The van der Waals surface area contributed by atoms with Crippen molar-refractivity contribution in [1.82, 2.24) is 10.6 Å². The number of primary amides is 1. The first-order valence-corrected chi connectivity index (χ1v) is 6.37. The number of hydrogen-bond donors (Lipinski definition) is 3. The SMILES string of the molecule is NC(=O)C1=CC2CNCC3CNCC3C2C=C1. The van der Waals surface area contributed by atoms with E-state index in [4.69, 9.17) is 5.73 Å². The minimum absolute atomic E-state index is 0.315. The molecule has 0 aromatic rings. The Morgan fingerprint density at radius 2 is 2.00 bits per heavy atom. The third kappa shape index (κ3) is 1.91. The largest absolute Gasteiger partial charge is 0.366 e. The van der Waals surface area contributed by atoms with Gasteiger partial charge in [-0.15, -0.1) is 0 Å². The second kappa shape index (κ2) is 4.27. The van der Waals surface area contributed by atoms with Crippen molar-refractivity contribution in [1.29, 1.82) is 0 Å². The number of carbonyl (C=O) groups excluding carboxylic acids is 1. The zero-order valence-electron chi connectivity index (χ0n) is 9.86. The molecule has 2 saturated heterocycles. The van der Waals surface area contributed by atoms with Crippen LogP contribution in [0.15, 0.2) is 23.8 Å². The van der Waals surface area contributed by atoms with E-state index in [0.29, 0.717) is 23.3 Å². The second-order valence-corrected chi connectivity index (χ2v) is 5.33. The molecule has 3 rings (SSSR count). The van der Waals surface area contributed by atoms with Crippen LogP contribution in [0.25, 0.3) is 0 Å². The maximum absolute atomic E-state index is 11.2. The summed E-state index contributed by atoms with van der Waals surface area (Å²) in [6, 6.07) is 0. The van der Waals surface area contributed by atoms with E-state index in [9.17, 15) is 4.79 Å². The van der Waals surface area contributed by atoms with Crippen LogP contribution in [0.1, 0.15) is 0 Å². The molecule has 17 heavy (non-hydrogen) atoms. The van der Waals surface area contributed by atoms with Crippen molar-refractivity contribution in [2.45, 2.75) is 0 Å². The molecule has 92 valence electrons. The molecular formula is C13H19N3O. The summed E-state index contributed by atoms with van der Waals surface area (Å²) in [4.78, 5) is 11.2. The predicted molar refractivity (Wildman–Crippen MR) is 66.1 cm³/mol. The monoisotopic (exact) mass is 233 g/mol. The molecule has 0 spiro atoms. The van der Waals surface area contributed by atoms with E-state index in [1.807, 2.05) is 6.08 Å². The Morgan fingerprint density at radius 1 is 1.24 bits per heavy atom. The average molecular weight is 233 g/mol. The summed E-state index contributed by atoms with van der Waals surface area (Å²) >= 11 is 0. The Hall–Kier alpha value is -1.13. The highest BCUT2D eigenvalue weighted by molar-refractivity contribution is 5.95. The van der Waals surface area contributed by atoms with Gasteiger partial charge in [-0.2, -0.15) is 0 Å². The number of nitrogens with one attached hydrogen (secondary N) is 2. The van der Waals surface area contributed by atoms with Crippen LogP contribution in [0, 0.1) is 23.7 Å². The third-order valence-electron chi connectivity index (χ3n) is 4.34. The molecular weight excluding hydrogens is 214 g/mol. The Labute approximate surface area is 101 Å². The molecule has 4 atom stereocenters. The van der Waals surface area contributed by atoms with Crippen LogP contribution < -0.4 is 16.4 Å². The van der Waals surface area contributed by atoms with Crippen LogP contribution in [0.3, 0.4) is 0 Å². The van der Waals surface area contributed by atoms with Gasteiger partial charge in [0.25, 0.3) is 0 Å². The van der Waals surface area contributed by atoms with Crippen molar-refractivity contribution in [2.75, 3.05) is 26.2 Å². The fourth-order valence-corrected chi connectivity index (χ4v) is 3.44. The van der Waals surface area contributed by atoms with E-state index < -0.39 is 0 Å². The molecule has 2 aliphatic heterocycles. The van der Waals surface area contributed by atoms with Crippen molar-refractivity contribution in [3.05, 3.63) is 23.8 Å². The topological polar surface area (TPSA) is 67.2 Å². The molecule has 4 nitrogen and oxygen atoms in total. The zero-order valence-corrected chi connectivity index (χ0v) is 9.86. The number of hydrogen-bond acceptors (Lipinski definition) is 3.